The van der Waals surface area contributed by atoms with Crippen LogP contribution in [0.4, 0.5) is 0 Å². The van der Waals surface area contributed by atoms with E-state index in [0.29, 0.717) is 10.8 Å². The summed E-state index contributed by atoms with van der Waals surface area (Å²) in [7, 11) is 0. The van der Waals surface area contributed by atoms with Gasteiger partial charge in [0.2, 0.25) is 0 Å². The Kier molecular flexibility index (Phi) is 6.16. The first kappa shape index (κ1) is 15.9. The molecule has 1 aromatic carbocycles. The van der Waals surface area contributed by atoms with Crippen molar-refractivity contribution < 1.29 is 9.90 Å². The minimum absolute atomic E-state index is 0.0358. The number of aliphatic hydroxyl groups excluding tert-OH is 1. The molecule has 1 heterocycles. The number of thioether (sulfide) groups is 1. The highest BCUT2D eigenvalue weighted by molar-refractivity contribution is 7.99. The number of aliphatic hydroxyl groups is 1. The first-order valence-corrected chi connectivity index (χ1v) is 8.36. The van der Waals surface area contributed by atoms with Crippen LogP contribution in [0, 0.1) is 18.8 Å². The highest BCUT2D eigenvalue weighted by Gasteiger charge is 2.16. The lowest BCUT2D eigenvalue weighted by Crippen LogP contribution is -2.32. The van der Waals surface area contributed by atoms with Crippen LogP contribution < -0.4 is 5.32 Å². The van der Waals surface area contributed by atoms with Crippen LogP contribution in [-0.2, 0) is 0 Å². The molecule has 0 bridgehead atoms. The van der Waals surface area contributed by atoms with Crippen molar-refractivity contribution in [2.75, 3.05) is 18.9 Å². The van der Waals surface area contributed by atoms with Gasteiger partial charge in [-0.05, 0) is 43.2 Å². The lowest BCUT2D eigenvalue weighted by atomic mass is 10.0. The topological polar surface area (TPSA) is 49.3 Å². The van der Waals surface area contributed by atoms with Crippen molar-refractivity contribution in [1.82, 2.24) is 5.32 Å². The van der Waals surface area contributed by atoms with Crippen molar-refractivity contribution in [3.63, 3.8) is 0 Å². The molecule has 1 aliphatic rings. The summed E-state index contributed by atoms with van der Waals surface area (Å²) in [4.78, 5) is 12.3. The van der Waals surface area contributed by atoms with Gasteiger partial charge in [0, 0.05) is 22.9 Å². The summed E-state index contributed by atoms with van der Waals surface area (Å²) in [5, 5.41) is 12.3. The highest BCUT2D eigenvalue weighted by Crippen LogP contribution is 2.24. The van der Waals surface area contributed by atoms with E-state index in [1.54, 1.807) is 0 Å². The Labute approximate surface area is 130 Å². The molecule has 1 unspecified atom stereocenters. The maximum atomic E-state index is 12.3. The zero-order valence-corrected chi connectivity index (χ0v) is 13.1. The van der Waals surface area contributed by atoms with Gasteiger partial charge in [0.05, 0.1) is 0 Å². The third-order valence-corrected chi connectivity index (χ3v) is 5.04. The molecule has 1 saturated heterocycles. The molecule has 1 amide bonds. The molecule has 21 heavy (non-hydrogen) atoms. The van der Waals surface area contributed by atoms with Gasteiger partial charge in [-0.1, -0.05) is 24.3 Å². The van der Waals surface area contributed by atoms with Gasteiger partial charge in [-0.15, -0.1) is 0 Å². The van der Waals surface area contributed by atoms with Gasteiger partial charge in [-0.25, -0.2) is 0 Å². The number of hydrogen-bond donors (Lipinski definition) is 2. The molecule has 0 aromatic heterocycles. The van der Waals surface area contributed by atoms with Gasteiger partial charge >= 0.3 is 0 Å². The molecular formula is C17H21NO2S. The van der Waals surface area contributed by atoms with Crippen LogP contribution in [0.25, 0.3) is 0 Å². The summed E-state index contributed by atoms with van der Waals surface area (Å²) in [6.45, 7) is 2.45. The molecule has 0 spiro atoms. The van der Waals surface area contributed by atoms with Gasteiger partial charge < -0.3 is 10.4 Å². The summed E-state index contributed by atoms with van der Waals surface area (Å²) in [5.41, 5.74) is 2.33. The average Bonchev–Trinajstić information content (AvgIpc) is 2.52. The number of amides is 1. The van der Waals surface area contributed by atoms with E-state index < -0.39 is 0 Å². The molecule has 0 saturated carbocycles. The Balaban J connectivity index is 2.01. The lowest BCUT2D eigenvalue weighted by molar-refractivity contribution is 0.0952. The monoisotopic (exact) mass is 303 g/mol. The number of rotatable bonds is 3. The van der Waals surface area contributed by atoms with Gasteiger partial charge in [0.1, 0.15) is 6.61 Å². The minimum atomic E-state index is -0.172. The molecule has 0 radical (unpaired) electrons. The molecule has 1 fully saturated rings. The standard InChI is InChI=1S/C17H21NO2S/c1-13-14(7-5-10-19)6-4-9-16(13)17(20)18-12-15-8-2-3-11-21-15/h4,6,9,15,19H,2-3,8,10-12H2,1H3,(H,18,20). The molecular weight excluding hydrogens is 282 g/mol. The van der Waals surface area contributed by atoms with E-state index in [1.807, 2.05) is 36.9 Å². The summed E-state index contributed by atoms with van der Waals surface area (Å²) in [6, 6.07) is 5.52. The largest absolute Gasteiger partial charge is 0.384 e. The maximum Gasteiger partial charge on any atom is 0.251 e. The zero-order valence-electron chi connectivity index (χ0n) is 12.3. The van der Waals surface area contributed by atoms with E-state index in [0.717, 1.165) is 17.7 Å². The minimum Gasteiger partial charge on any atom is -0.384 e. The second-order valence-corrected chi connectivity index (χ2v) is 6.54. The maximum absolute atomic E-state index is 12.3. The zero-order chi connectivity index (χ0) is 15.1. The molecule has 3 nitrogen and oxygen atoms in total. The first-order chi connectivity index (χ1) is 10.2. The fourth-order valence-electron chi connectivity index (χ4n) is 2.42. The van der Waals surface area contributed by atoms with Crippen molar-refractivity contribution >= 4 is 17.7 Å². The van der Waals surface area contributed by atoms with Crippen molar-refractivity contribution in [3.05, 3.63) is 34.9 Å². The molecule has 2 rings (SSSR count). The van der Waals surface area contributed by atoms with Crippen LogP contribution in [-0.4, -0.2) is 35.2 Å². The molecule has 1 aliphatic heterocycles. The van der Waals surface area contributed by atoms with Gasteiger partial charge in [-0.3, -0.25) is 4.79 Å². The fourth-order valence-corrected chi connectivity index (χ4v) is 3.66. The molecule has 2 N–H and O–H groups in total. The number of hydrogen-bond acceptors (Lipinski definition) is 3. The van der Waals surface area contributed by atoms with E-state index in [9.17, 15) is 4.79 Å². The van der Waals surface area contributed by atoms with Crippen molar-refractivity contribution in [3.8, 4) is 11.8 Å². The Morgan fingerprint density at radius 3 is 3.05 bits per heavy atom. The van der Waals surface area contributed by atoms with E-state index in [1.165, 1.54) is 25.0 Å². The smallest absolute Gasteiger partial charge is 0.251 e. The SMILES string of the molecule is Cc1c(C#CCO)cccc1C(=O)NCC1CCCCS1. The summed E-state index contributed by atoms with van der Waals surface area (Å²) >= 11 is 1.95. The molecule has 1 aromatic rings. The van der Waals surface area contributed by atoms with E-state index in [4.69, 9.17) is 5.11 Å². The second-order valence-electron chi connectivity index (χ2n) is 5.14. The first-order valence-electron chi connectivity index (χ1n) is 7.31. The van der Waals surface area contributed by atoms with Crippen LogP contribution in [0.2, 0.25) is 0 Å². The number of carbonyl (C=O) groups excluding carboxylic acids is 1. The van der Waals surface area contributed by atoms with Crippen molar-refractivity contribution in [2.24, 2.45) is 0 Å². The molecule has 1 atom stereocenters. The Hall–Kier alpha value is -1.44. The van der Waals surface area contributed by atoms with Gasteiger partial charge in [0.15, 0.2) is 0 Å². The van der Waals surface area contributed by atoms with Crippen molar-refractivity contribution in [2.45, 2.75) is 31.4 Å². The second kappa shape index (κ2) is 8.11. The van der Waals surface area contributed by atoms with E-state index in [2.05, 4.69) is 17.2 Å². The quantitative estimate of drug-likeness (QED) is 0.843. The molecule has 4 heteroatoms. The summed E-state index contributed by atoms with van der Waals surface area (Å²) < 4.78 is 0. The average molecular weight is 303 g/mol. The number of carbonyl (C=O) groups is 1. The van der Waals surface area contributed by atoms with Crippen molar-refractivity contribution in [1.29, 1.82) is 0 Å². The lowest BCUT2D eigenvalue weighted by Gasteiger charge is -2.21. The Morgan fingerprint density at radius 2 is 2.33 bits per heavy atom. The number of benzene rings is 1. The van der Waals surface area contributed by atoms with Crippen LogP contribution in [0.5, 0.6) is 0 Å². The normalized spacial score (nSPS) is 17.7. The third kappa shape index (κ3) is 4.52. The molecule has 0 aliphatic carbocycles. The van der Waals surface area contributed by atoms with Gasteiger partial charge in [0.25, 0.3) is 5.91 Å². The summed E-state index contributed by atoms with van der Waals surface area (Å²) in [6.07, 6.45) is 3.74. The van der Waals surface area contributed by atoms with Crippen LogP contribution >= 0.6 is 11.8 Å². The predicted molar refractivity (Wildman–Crippen MR) is 87.6 cm³/mol. The van der Waals surface area contributed by atoms with Crippen LogP contribution in [0.3, 0.4) is 0 Å². The van der Waals surface area contributed by atoms with E-state index in [-0.39, 0.29) is 12.5 Å². The Bertz CT molecular complexity index is 554. The molecule has 112 valence electrons. The number of nitrogens with one attached hydrogen (secondary N) is 1. The fraction of sp³-hybridized carbons (Fsp3) is 0.471. The van der Waals surface area contributed by atoms with Gasteiger partial charge in [-0.2, -0.15) is 11.8 Å². The van der Waals surface area contributed by atoms with Crippen LogP contribution in [0.15, 0.2) is 18.2 Å². The predicted octanol–water partition coefficient (Wildman–Crippen LogP) is 2.35. The highest BCUT2D eigenvalue weighted by atomic mass is 32.2. The summed E-state index contributed by atoms with van der Waals surface area (Å²) in [5.74, 6) is 6.67. The Morgan fingerprint density at radius 1 is 1.48 bits per heavy atom. The van der Waals surface area contributed by atoms with Crippen LogP contribution in [0.1, 0.15) is 40.7 Å². The van der Waals surface area contributed by atoms with E-state index >= 15 is 0 Å². The third-order valence-electron chi connectivity index (χ3n) is 3.64.